The molecule has 5 nitrogen and oxygen atoms in total. The fraction of sp³-hybridized carbons (Fsp3) is 0.200. The van der Waals surface area contributed by atoms with Crippen molar-refractivity contribution in [1.82, 2.24) is 0 Å². The highest BCUT2D eigenvalue weighted by Crippen LogP contribution is 2.25. The Kier molecular flexibility index (Phi) is 3.89. The van der Waals surface area contributed by atoms with Gasteiger partial charge in [0.25, 0.3) is 5.69 Å². The molecule has 0 radical (unpaired) electrons. The number of nitro groups is 1. The van der Waals surface area contributed by atoms with Crippen molar-refractivity contribution in [2.45, 2.75) is 19.9 Å². The molecule has 2 rings (SSSR count). The van der Waals surface area contributed by atoms with E-state index in [-0.39, 0.29) is 17.5 Å². The lowest BCUT2D eigenvalue weighted by Crippen LogP contribution is -2.07. The van der Waals surface area contributed by atoms with Gasteiger partial charge in [-0.15, -0.1) is 0 Å². The predicted molar refractivity (Wildman–Crippen MR) is 78.0 cm³/mol. The van der Waals surface area contributed by atoms with E-state index in [1.165, 1.54) is 6.07 Å². The maximum Gasteiger partial charge on any atom is 0.269 e. The number of phenolic OH excluding ortho intramolecular Hbond substituents is 1. The molecule has 2 aromatic carbocycles. The molecule has 20 heavy (non-hydrogen) atoms. The minimum atomic E-state index is -0.402. The summed E-state index contributed by atoms with van der Waals surface area (Å²) in [7, 11) is 0. The molecule has 0 spiro atoms. The lowest BCUT2D eigenvalue weighted by Gasteiger charge is -2.16. The first-order valence-electron chi connectivity index (χ1n) is 6.28. The van der Waals surface area contributed by atoms with Crippen LogP contribution >= 0.6 is 0 Å². The molecule has 0 bridgehead atoms. The van der Waals surface area contributed by atoms with Gasteiger partial charge in [-0.2, -0.15) is 0 Å². The van der Waals surface area contributed by atoms with Gasteiger partial charge in [0.15, 0.2) is 0 Å². The van der Waals surface area contributed by atoms with E-state index in [2.05, 4.69) is 5.32 Å². The number of hydrogen-bond donors (Lipinski definition) is 2. The van der Waals surface area contributed by atoms with Gasteiger partial charge in [-0.1, -0.05) is 12.1 Å². The fourth-order valence-corrected chi connectivity index (χ4v) is 1.99. The highest BCUT2D eigenvalue weighted by Gasteiger charge is 2.11. The zero-order valence-electron chi connectivity index (χ0n) is 11.3. The Hall–Kier alpha value is -2.56. The van der Waals surface area contributed by atoms with Crippen LogP contribution < -0.4 is 5.32 Å². The smallest absolute Gasteiger partial charge is 0.269 e. The van der Waals surface area contributed by atoms with Gasteiger partial charge in [0, 0.05) is 23.9 Å². The molecule has 1 unspecified atom stereocenters. The third kappa shape index (κ3) is 3.06. The summed E-state index contributed by atoms with van der Waals surface area (Å²) in [5.41, 5.74) is 2.56. The minimum absolute atomic E-state index is 0.0705. The number of phenols is 1. The SMILES string of the molecule is Cc1cc(NC(C)c2cccc([N+](=O)[O-])c2)ccc1O. The van der Waals surface area contributed by atoms with Gasteiger partial charge in [0.05, 0.1) is 4.92 Å². The Morgan fingerprint density at radius 1 is 1.25 bits per heavy atom. The number of anilines is 1. The van der Waals surface area contributed by atoms with Crippen LogP contribution in [0.1, 0.15) is 24.1 Å². The first-order valence-corrected chi connectivity index (χ1v) is 6.28. The standard InChI is InChI=1S/C15H16N2O3/c1-10-8-13(6-7-15(10)18)16-11(2)12-4-3-5-14(9-12)17(19)20/h3-9,11,16,18H,1-2H3. The zero-order chi connectivity index (χ0) is 14.7. The number of aromatic hydroxyl groups is 1. The second-order valence-electron chi connectivity index (χ2n) is 4.72. The van der Waals surface area contributed by atoms with Crippen LogP contribution in [0.5, 0.6) is 5.75 Å². The van der Waals surface area contributed by atoms with E-state index in [0.717, 1.165) is 16.8 Å². The Morgan fingerprint density at radius 3 is 2.65 bits per heavy atom. The van der Waals surface area contributed by atoms with Crippen molar-refractivity contribution in [2.75, 3.05) is 5.32 Å². The van der Waals surface area contributed by atoms with Crippen molar-refractivity contribution < 1.29 is 10.0 Å². The van der Waals surface area contributed by atoms with E-state index in [1.807, 2.05) is 26.0 Å². The van der Waals surface area contributed by atoms with Gasteiger partial charge in [0.1, 0.15) is 5.75 Å². The van der Waals surface area contributed by atoms with Crippen LogP contribution in [0.15, 0.2) is 42.5 Å². The zero-order valence-corrected chi connectivity index (χ0v) is 11.3. The van der Waals surface area contributed by atoms with Crippen molar-refractivity contribution in [3.05, 3.63) is 63.7 Å². The lowest BCUT2D eigenvalue weighted by atomic mass is 10.1. The average molecular weight is 272 g/mol. The van der Waals surface area contributed by atoms with Crippen LogP contribution in [-0.4, -0.2) is 10.0 Å². The summed E-state index contributed by atoms with van der Waals surface area (Å²) in [6.07, 6.45) is 0. The Labute approximate surface area is 117 Å². The van der Waals surface area contributed by atoms with E-state index < -0.39 is 4.92 Å². The van der Waals surface area contributed by atoms with E-state index in [1.54, 1.807) is 24.3 Å². The van der Waals surface area contributed by atoms with Crippen molar-refractivity contribution in [2.24, 2.45) is 0 Å². The monoisotopic (exact) mass is 272 g/mol. The number of non-ortho nitro benzene ring substituents is 1. The minimum Gasteiger partial charge on any atom is -0.508 e. The maximum atomic E-state index is 10.8. The summed E-state index contributed by atoms with van der Waals surface area (Å²) in [5, 5.41) is 23.5. The molecule has 0 saturated heterocycles. The summed E-state index contributed by atoms with van der Waals surface area (Å²) < 4.78 is 0. The summed E-state index contributed by atoms with van der Waals surface area (Å²) >= 11 is 0. The molecule has 2 N–H and O–H groups in total. The van der Waals surface area contributed by atoms with E-state index in [9.17, 15) is 15.2 Å². The van der Waals surface area contributed by atoms with E-state index in [0.29, 0.717) is 0 Å². The third-order valence-corrected chi connectivity index (χ3v) is 3.16. The molecule has 5 heteroatoms. The van der Waals surface area contributed by atoms with Crippen molar-refractivity contribution in [1.29, 1.82) is 0 Å². The summed E-state index contributed by atoms with van der Waals surface area (Å²) in [6.45, 7) is 3.75. The van der Waals surface area contributed by atoms with Crippen molar-refractivity contribution in [3.8, 4) is 5.75 Å². The van der Waals surface area contributed by atoms with Crippen LogP contribution in [0.25, 0.3) is 0 Å². The van der Waals surface area contributed by atoms with Crippen molar-refractivity contribution in [3.63, 3.8) is 0 Å². The molecule has 2 aromatic rings. The quantitative estimate of drug-likeness (QED) is 0.504. The molecule has 0 fully saturated rings. The second-order valence-corrected chi connectivity index (χ2v) is 4.72. The number of aryl methyl sites for hydroxylation is 1. The number of nitro benzene ring substituents is 1. The fourth-order valence-electron chi connectivity index (χ4n) is 1.99. The van der Waals surface area contributed by atoms with Gasteiger partial charge in [-0.05, 0) is 43.2 Å². The molecule has 0 aliphatic carbocycles. The first kappa shape index (κ1) is 13.9. The van der Waals surface area contributed by atoms with Crippen LogP contribution in [0.3, 0.4) is 0 Å². The van der Waals surface area contributed by atoms with Crippen LogP contribution in [0.4, 0.5) is 11.4 Å². The van der Waals surface area contributed by atoms with Gasteiger partial charge in [-0.3, -0.25) is 10.1 Å². The Balaban J connectivity index is 2.19. The van der Waals surface area contributed by atoms with E-state index in [4.69, 9.17) is 0 Å². The van der Waals surface area contributed by atoms with Gasteiger partial charge < -0.3 is 10.4 Å². The number of rotatable bonds is 4. The molecule has 0 saturated carbocycles. The molecular weight excluding hydrogens is 256 g/mol. The summed E-state index contributed by atoms with van der Waals surface area (Å²) in [6, 6.07) is 11.7. The van der Waals surface area contributed by atoms with Gasteiger partial charge in [-0.25, -0.2) is 0 Å². The van der Waals surface area contributed by atoms with Crippen LogP contribution in [0, 0.1) is 17.0 Å². The molecule has 0 amide bonds. The number of nitrogens with one attached hydrogen (secondary N) is 1. The molecule has 0 heterocycles. The number of hydrogen-bond acceptors (Lipinski definition) is 4. The topological polar surface area (TPSA) is 75.4 Å². The lowest BCUT2D eigenvalue weighted by molar-refractivity contribution is -0.384. The molecule has 1 atom stereocenters. The van der Waals surface area contributed by atoms with Crippen LogP contribution in [-0.2, 0) is 0 Å². The summed E-state index contributed by atoms with van der Waals surface area (Å²) in [4.78, 5) is 10.4. The van der Waals surface area contributed by atoms with Crippen LogP contribution in [0.2, 0.25) is 0 Å². The molecule has 0 aliphatic heterocycles. The maximum absolute atomic E-state index is 10.8. The Morgan fingerprint density at radius 2 is 2.00 bits per heavy atom. The van der Waals surface area contributed by atoms with Gasteiger partial charge in [0.2, 0.25) is 0 Å². The highest BCUT2D eigenvalue weighted by atomic mass is 16.6. The first-order chi connectivity index (χ1) is 9.47. The number of nitrogens with zero attached hydrogens (tertiary/aromatic N) is 1. The summed E-state index contributed by atoms with van der Waals surface area (Å²) in [5.74, 6) is 0.249. The molecule has 0 aliphatic rings. The van der Waals surface area contributed by atoms with E-state index >= 15 is 0 Å². The predicted octanol–water partition coefficient (Wildman–Crippen LogP) is 3.78. The second kappa shape index (κ2) is 5.61. The normalized spacial score (nSPS) is 11.9. The van der Waals surface area contributed by atoms with Gasteiger partial charge >= 0.3 is 0 Å². The Bertz CT molecular complexity index is 641. The molecule has 104 valence electrons. The molecule has 0 aromatic heterocycles. The highest BCUT2D eigenvalue weighted by molar-refractivity contribution is 5.52. The number of benzene rings is 2. The third-order valence-electron chi connectivity index (χ3n) is 3.16. The molecular formula is C15H16N2O3. The largest absolute Gasteiger partial charge is 0.508 e. The average Bonchev–Trinajstić information content (AvgIpc) is 2.43. The van der Waals surface area contributed by atoms with Crippen molar-refractivity contribution >= 4 is 11.4 Å².